The minimum atomic E-state index is 0.645. The minimum Gasteiger partial charge on any atom is -0.316 e. The quantitative estimate of drug-likeness (QED) is 0.855. The number of benzene rings is 2. The van der Waals surface area contributed by atoms with Crippen molar-refractivity contribution < 1.29 is 0 Å². The molecular formula is C19H23N. The van der Waals surface area contributed by atoms with Gasteiger partial charge in [-0.15, -0.1) is 0 Å². The molecule has 1 nitrogen and oxygen atoms in total. The molecular weight excluding hydrogens is 242 g/mol. The second kappa shape index (κ2) is 6.23. The van der Waals surface area contributed by atoms with E-state index in [9.17, 15) is 0 Å². The summed E-state index contributed by atoms with van der Waals surface area (Å²) in [5.74, 6) is 0.679. The molecule has 1 aliphatic carbocycles. The van der Waals surface area contributed by atoms with Gasteiger partial charge in [-0.05, 0) is 42.5 Å². The molecule has 1 aliphatic rings. The largest absolute Gasteiger partial charge is 0.316 e. The van der Waals surface area contributed by atoms with Crippen LogP contribution in [-0.2, 0) is 0 Å². The molecule has 0 bridgehead atoms. The molecule has 1 N–H and O–H groups in total. The number of likely N-dealkylation sites (N-methyl/N-ethyl adjacent to an activating group) is 1. The monoisotopic (exact) mass is 265 g/mol. The lowest BCUT2D eigenvalue weighted by molar-refractivity contribution is 0.344. The van der Waals surface area contributed by atoms with Gasteiger partial charge in [0.2, 0.25) is 0 Å². The SMILES string of the molecule is CNC1CCCCC1c1ccc(-c2ccccc2)cc1. The highest BCUT2D eigenvalue weighted by Crippen LogP contribution is 2.33. The van der Waals surface area contributed by atoms with Crippen LogP contribution < -0.4 is 5.32 Å². The van der Waals surface area contributed by atoms with Crippen LogP contribution in [0.1, 0.15) is 37.2 Å². The fraction of sp³-hybridized carbons (Fsp3) is 0.368. The summed E-state index contributed by atoms with van der Waals surface area (Å²) in [6.45, 7) is 0. The van der Waals surface area contributed by atoms with Gasteiger partial charge in [-0.2, -0.15) is 0 Å². The van der Waals surface area contributed by atoms with Crippen molar-refractivity contribution in [3.8, 4) is 11.1 Å². The van der Waals surface area contributed by atoms with Crippen molar-refractivity contribution in [2.75, 3.05) is 7.05 Å². The van der Waals surface area contributed by atoms with Crippen LogP contribution in [0, 0.1) is 0 Å². The number of hydrogen-bond acceptors (Lipinski definition) is 1. The Hall–Kier alpha value is -1.60. The Morgan fingerprint density at radius 3 is 2.15 bits per heavy atom. The molecule has 0 amide bonds. The van der Waals surface area contributed by atoms with Crippen molar-refractivity contribution in [3.05, 3.63) is 60.2 Å². The Bertz CT molecular complexity index is 529. The van der Waals surface area contributed by atoms with Crippen LogP contribution in [0.5, 0.6) is 0 Å². The van der Waals surface area contributed by atoms with Crippen LogP contribution in [0.2, 0.25) is 0 Å². The maximum absolute atomic E-state index is 3.50. The average molecular weight is 265 g/mol. The van der Waals surface area contributed by atoms with E-state index < -0.39 is 0 Å². The summed E-state index contributed by atoms with van der Waals surface area (Å²) in [4.78, 5) is 0. The summed E-state index contributed by atoms with van der Waals surface area (Å²) in [6, 6.07) is 20.4. The first-order valence-electron chi connectivity index (χ1n) is 7.71. The predicted octanol–water partition coefficient (Wildman–Crippen LogP) is 4.60. The maximum atomic E-state index is 3.50. The van der Waals surface area contributed by atoms with E-state index in [1.165, 1.54) is 42.4 Å². The van der Waals surface area contributed by atoms with Crippen molar-refractivity contribution >= 4 is 0 Å². The summed E-state index contributed by atoms with van der Waals surface area (Å²) in [5.41, 5.74) is 4.10. The zero-order valence-electron chi connectivity index (χ0n) is 12.2. The van der Waals surface area contributed by atoms with Crippen molar-refractivity contribution in [1.29, 1.82) is 0 Å². The fourth-order valence-corrected chi connectivity index (χ4v) is 3.43. The molecule has 0 saturated heterocycles. The lowest BCUT2D eigenvalue weighted by Gasteiger charge is -2.31. The van der Waals surface area contributed by atoms with Gasteiger partial charge in [-0.1, -0.05) is 67.4 Å². The van der Waals surface area contributed by atoms with Gasteiger partial charge in [0.1, 0.15) is 0 Å². The number of nitrogens with one attached hydrogen (secondary N) is 1. The molecule has 2 unspecified atom stereocenters. The Labute approximate surface area is 122 Å². The normalized spacial score (nSPS) is 22.6. The molecule has 2 atom stereocenters. The highest BCUT2D eigenvalue weighted by atomic mass is 14.9. The van der Waals surface area contributed by atoms with Gasteiger partial charge in [-0.25, -0.2) is 0 Å². The van der Waals surface area contributed by atoms with Crippen LogP contribution in [-0.4, -0.2) is 13.1 Å². The van der Waals surface area contributed by atoms with Gasteiger partial charge in [-0.3, -0.25) is 0 Å². The summed E-state index contributed by atoms with van der Waals surface area (Å²) >= 11 is 0. The second-order valence-corrected chi connectivity index (χ2v) is 5.77. The minimum absolute atomic E-state index is 0.645. The highest BCUT2D eigenvalue weighted by Gasteiger charge is 2.24. The van der Waals surface area contributed by atoms with Gasteiger partial charge in [0.25, 0.3) is 0 Å². The molecule has 3 rings (SSSR count). The topological polar surface area (TPSA) is 12.0 Å². The van der Waals surface area contributed by atoms with Crippen molar-refractivity contribution in [3.63, 3.8) is 0 Å². The van der Waals surface area contributed by atoms with Crippen LogP contribution in [0.15, 0.2) is 54.6 Å². The van der Waals surface area contributed by atoms with Crippen molar-refractivity contribution in [2.45, 2.75) is 37.6 Å². The first-order chi connectivity index (χ1) is 9.88. The average Bonchev–Trinajstić information content (AvgIpc) is 2.56. The van der Waals surface area contributed by atoms with Crippen molar-refractivity contribution in [1.82, 2.24) is 5.32 Å². The first kappa shape index (κ1) is 13.4. The van der Waals surface area contributed by atoms with E-state index in [-0.39, 0.29) is 0 Å². The lowest BCUT2D eigenvalue weighted by Crippen LogP contribution is -2.34. The third-order valence-electron chi connectivity index (χ3n) is 4.58. The summed E-state index contributed by atoms with van der Waals surface area (Å²) in [6.07, 6.45) is 5.35. The van der Waals surface area contributed by atoms with Crippen LogP contribution in [0.3, 0.4) is 0 Å². The molecule has 0 heterocycles. The van der Waals surface area contributed by atoms with E-state index in [1.807, 2.05) is 0 Å². The second-order valence-electron chi connectivity index (χ2n) is 5.77. The summed E-state index contributed by atoms with van der Waals surface area (Å²) in [7, 11) is 2.10. The Morgan fingerprint density at radius 2 is 1.45 bits per heavy atom. The number of hydrogen-bond donors (Lipinski definition) is 1. The lowest BCUT2D eigenvalue weighted by atomic mass is 9.80. The third-order valence-corrected chi connectivity index (χ3v) is 4.58. The van der Waals surface area contributed by atoms with E-state index in [0.29, 0.717) is 12.0 Å². The van der Waals surface area contributed by atoms with Crippen molar-refractivity contribution in [2.24, 2.45) is 0 Å². The summed E-state index contributed by atoms with van der Waals surface area (Å²) < 4.78 is 0. The summed E-state index contributed by atoms with van der Waals surface area (Å²) in [5, 5.41) is 3.50. The van der Waals surface area contributed by atoms with Gasteiger partial charge >= 0.3 is 0 Å². The van der Waals surface area contributed by atoms with E-state index in [4.69, 9.17) is 0 Å². The Kier molecular flexibility index (Phi) is 4.17. The molecule has 1 saturated carbocycles. The Balaban J connectivity index is 1.82. The molecule has 0 aliphatic heterocycles. The molecule has 0 aromatic heterocycles. The zero-order chi connectivity index (χ0) is 13.8. The van der Waals surface area contributed by atoms with Gasteiger partial charge < -0.3 is 5.32 Å². The molecule has 1 heteroatoms. The maximum Gasteiger partial charge on any atom is 0.0133 e. The van der Waals surface area contributed by atoms with E-state index in [2.05, 4.69) is 67.0 Å². The zero-order valence-corrected chi connectivity index (χ0v) is 12.2. The first-order valence-corrected chi connectivity index (χ1v) is 7.71. The van der Waals surface area contributed by atoms with Crippen LogP contribution in [0.25, 0.3) is 11.1 Å². The smallest absolute Gasteiger partial charge is 0.0133 e. The van der Waals surface area contributed by atoms with E-state index >= 15 is 0 Å². The van der Waals surface area contributed by atoms with Gasteiger partial charge in [0.05, 0.1) is 0 Å². The fourth-order valence-electron chi connectivity index (χ4n) is 3.43. The molecule has 0 spiro atoms. The van der Waals surface area contributed by atoms with Gasteiger partial charge in [0.15, 0.2) is 0 Å². The Morgan fingerprint density at radius 1 is 0.800 bits per heavy atom. The standard InChI is InChI=1S/C19H23N/c1-20-19-10-6-5-9-18(19)17-13-11-16(12-14-17)15-7-3-2-4-8-15/h2-4,7-8,11-14,18-20H,5-6,9-10H2,1H3. The predicted molar refractivity (Wildman–Crippen MR) is 85.9 cm³/mol. The molecule has 20 heavy (non-hydrogen) atoms. The molecule has 2 aromatic carbocycles. The van der Waals surface area contributed by atoms with Crippen LogP contribution >= 0.6 is 0 Å². The number of rotatable bonds is 3. The third kappa shape index (κ3) is 2.78. The van der Waals surface area contributed by atoms with E-state index in [0.717, 1.165) is 0 Å². The van der Waals surface area contributed by atoms with E-state index in [1.54, 1.807) is 0 Å². The molecule has 2 aromatic rings. The van der Waals surface area contributed by atoms with Crippen LogP contribution in [0.4, 0.5) is 0 Å². The molecule has 0 radical (unpaired) electrons. The molecule has 1 fully saturated rings. The highest BCUT2D eigenvalue weighted by molar-refractivity contribution is 5.63. The molecule has 104 valence electrons. The van der Waals surface area contributed by atoms with Gasteiger partial charge in [0, 0.05) is 6.04 Å².